The van der Waals surface area contributed by atoms with Crippen LogP contribution in [0.3, 0.4) is 0 Å². The lowest BCUT2D eigenvalue weighted by Gasteiger charge is -2.23. The molecule has 1 aromatic carbocycles. The summed E-state index contributed by atoms with van der Waals surface area (Å²) in [5.41, 5.74) is 6.73. The number of hydrogen-bond acceptors (Lipinski definition) is 7. The van der Waals surface area contributed by atoms with Gasteiger partial charge in [0, 0.05) is 19.6 Å². The Morgan fingerprint density at radius 2 is 1.74 bits per heavy atom. The molecule has 0 aliphatic carbocycles. The summed E-state index contributed by atoms with van der Waals surface area (Å²) in [7, 11) is 3.09. The van der Waals surface area contributed by atoms with Crippen LogP contribution in [-0.2, 0) is 25.5 Å². The van der Waals surface area contributed by atoms with E-state index >= 15 is 0 Å². The van der Waals surface area contributed by atoms with Gasteiger partial charge in [-0.15, -0.1) is 0 Å². The average molecular weight is 548 g/mol. The molecular formula is C25H36F3N3O7. The molecule has 0 saturated carbocycles. The second-order valence-corrected chi connectivity index (χ2v) is 9.10. The van der Waals surface area contributed by atoms with Gasteiger partial charge in [-0.25, -0.2) is 9.79 Å². The summed E-state index contributed by atoms with van der Waals surface area (Å²) >= 11 is 0. The van der Waals surface area contributed by atoms with Crippen molar-refractivity contribution < 1.29 is 46.9 Å². The van der Waals surface area contributed by atoms with E-state index in [9.17, 15) is 22.8 Å². The number of aliphatic carboxylic acids is 1. The van der Waals surface area contributed by atoms with Gasteiger partial charge in [0.2, 0.25) is 5.91 Å². The second kappa shape index (κ2) is 15.8. The van der Waals surface area contributed by atoms with Crippen molar-refractivity contribution in [2.24, 2.45) is 22.6 Å². The van der Waals surface area contributed by atoms with Gasteiger partial charge in [0.15, 0.2) is 23.2 Å². The van der Waals surface area contributed by atoms with Gasteiger partial charge in [-0.1, -0.05) is 19.9 Å². The number of amides is 1. The largest absolute Gasteiger partial charge is 0.493 e. The van der Waals surface area contributed by atoms with Crippen LogP contribution >= 0.6 is 0 Å². The van der Waals surface area contributed by atoms with Crippen molar-refractivity contribution in [3.05, 3.63) is 23.8 Å². The summed E-state index contributed by atoms with van der Waals surface area (Å²) in [6.45, 7) is 5.47. The topological polar surface area (TPSA) is 150 Å². The van der Waals surface area contributed by atoms with Gasteiger partial charge in [-0.3, -0.25) is 14.9 Å². The van der Waals surface area contributed by atoms with Gasteiger partial charge in [0.25, 0.3) is 0 Å². The Balaban J connectivity index is 0.000000905. The number of carboxylic acid groups (broad SMARTS) is 1. The Morgan fingerprint density at radius 3 is 2.24 bits per heavy atom. The van der Waals surface area contributed by atoms with Crippen molar-refractivity contribution in [3.8, 4) is 11.5 Å². The maximum absolute atomic E-state index is 12.8. The quantitative estimate of drug-likeness (QED) is 0.299. The molecule has 0 spiro atoms. The van der Waals surface area contributed by atoms with Crippen LogP contribution in [0.1, 0.15) is 45.1 Å². The third kappa shape index (κ3) is 12.3. The van der Waals surface area contributed by atoms with Crippen LogP contribution in [0.2, 0.25) is 0 Å². The van der Waals surface area contributed by atoms with Crippen LogP contribution in [0.25, 0.3) is 0 Å². The number of ketones is 1. The van der Waals surface area contributed by atoms with E-state index < -0.39 is 18.2 Å². The van der Waals surface area contributed by atoms with E-state index in [4.69, 9.17) is 29.8 Å². The standard InChI is InChI=1S/C23H35N3O5.C2HF3O2/c1-15(2)11-18(19(27)12-16-7-9-31-10-8-16)25-23(24)26-22(28)14-17-5-6-20(29-3)21(13-17)30-4;3-2(4,5)1(6)7/h5-6,13,15-16,18H,7-12,14H2,1-4H3,(H3,24,25,26,28);(H,6,7)/t18-;/m1./s1. The van der Waals surface area contributed by atoms with E-state index in [1.165, 1.54) is 0 Å². The molecule has 0 unspecified atom stereocenters. The minimum absolute atomic E-state index is 0.0311. The summed E-state index contributed by atoms with van der Waals surface area (Å²) in [4.78, 5) is 38.5. The summed E-state index contributed by atoms with van der Waals surface area (Å²) in [5.74, 6) is -1.29. The highest BCUT2D eigenvalue weighted by Gasteiger charge is 2.38. The summed E-state index contributed by atoms with van der Waals surface area (Å²) in [6.07, 6.45) is -2.14. The lowest BCUT2D eigenvalue weighted by atomic mass is 9.90. The molecule has 0 radical (unpaired) electrons. The van der Waals surface area contributed by atoms with E-state index in [1.807, 2.05) is 13.8 Å². The van der Waals surface area contributed by atoms with Crippen LogP contribution in [0.15, 0.2) is 23.2 Å². The first-order valence-electron chi connectivity index (χ1n) is 12.0. The number of rotatable bonds is 10. The first-order chi connectivity index (χ1) is 17.8. The number of alkyl halides is 3. The van der Waals surface area contributed by atoms with E-state index in [0.717, 1.165) is 18.4 Å². The number of Topliss-reactive ketones (excluding diaryl/α,β-unsaturated/α-hetero) is 1. The molecule has 0 aromatic heterocycles. The van der Waals surface area contributed by atoms with Gasteiger partial charge in [0.05, 0.1) is 20.6 Å². The number of carbonyl (C=O) groups excluding carboxylic acids is 2. The monoisotopic (exact) mass is 547 g/mol. The van der Waals surface area contributed by atoms with Crippen molar-refractivity contribution >= 4 is 23.6 Å². The minimum Gasteiger partial charge on any atom is -0.493 e. The fourth-order valence-corrected chi connectivity index (χ4v) is 3.64. The maximum Gasteiger partial charge on any atom is 0.490 e. The van der Waals surface area contributed by atoms with Gasteiger partial charge in [0.1, 0.15) is 6.04 Å². The number of nitrogens with two attached hydrogens (primary N) is 1. The third-order valence-electron chi connectivity index (χ3n) is 5.51. The SMILES string of the molecule is COc1ccc(CC(=O)NC(N)=N[C@H](CC(C)C)C(=O)CC2CCOCC2)cc1OC.O=C(O)C(F)(F)F. The molecule has 0 bridgehead atoms. The number of aliphatic imine (C=N–C) groups is 1. The number of carboxylic acids is 1. The van der Waals surface area contributed by atoms with Crippen LogP contribution in [0.4, 0.5) is 13.2 Å². The Morgan fingerprint density at radius 1 is 1.16 bits per heavy atom. The molecule has 13 heteroatoms. The molecule has 38 heavy (non-hydrogen) atoms. The highest BCUT2D eigenvalue weighted by Crippen LogP contribution is 2.27. The molecule has 4 N–H and O–H groups in total. The number of guanidine groups is 1. The van der Waals surface area contributed by atoms with Crippen molar-refractivity contribution in [2.75, 3.05) is 27.4 Å². The number of nitrogens with zero attached hydrogens (tertiary/aromatic N) is 1. The maximum atomic E-state index is 12.8. The van der Waals surface area contributed by atoms with Crippen molar-refractivity contribution in [2.45, 2.75) is 58.2 Å². The predicted octanol–water partition coefficient (Wildman–Crippen LogP) is 3.11. The van der Waals surface area contributed by atoms with Crippen LogP contribution in [-0.4, -0.2) is 68.4 Å². The number of methoxy groups -OCH3 is 2. The Labute approximate surface area is 219 Å². The molecule has 1 amide bonds. The highest BCUT2D eigenvalue weighted by molar-refractivity contribution is 5.98. The second-order valence-electron chi connectivity index (χ2n) is 9.10. The fraction of sp³-hybridized carbons (Fsp3) is 0.600. The minimum atomic E-state index is -5.08. The molecule has 1 saturated heterocycles. The van der Waals surface area contributed by atoms with E-state index in [2.05, 4.69) is 10.3 Å². The van der Waals surface area contributed by atoms with E-state index in [-0.39, 0.29) is 30.0 Å². The molecular weight excluding hydrogens is 511 g/mol. The lowest BCUT2D eigenvalue weighted by Crippen LogP contribution is -2.40. The van der Waals surface area contributed by atoms with E-state index in [1.54, 1.807) is 32.4 Å². The molecule has 1 fully saturated rings. The zero-order valence-corrected chi connectivity index (χ0v) is 22.0. The molecule has 214 valence electrons. The van der Waals surface area contributed by atoms with Gasteiger partial charge in [-0.05, 0) is 48.8 Å². The van der Waals surface area contributed by atoms with E-state index in [0.29, 0.717) is 43.5 Å². The van der Waals surface area contributed by atoms with Gasteiger partial charge in [-0.2, -0.15) is 13.2 Å². The number of ether oxygens (including phenoxy) is 3. The Kier molecular flexibility index (Phi) is 13.6. The van der Waals surface area contributed by atoms with Gasteiger partial charge < -0.3 is 25.1 Å². The van der Waals surface area contributed by atoms with Crippen LogP contribution < -0.4 is 20.5 Å². The first kappa shape index (κ1) is 32.7. The summed E-state index contributed by atoms with van der Waals surface area (Å²) in [6, 6.07) is 4.72. The molecule has 10 nitrogen and oxygen atoms in total. The van der Waals surface area contributed by atoms with Gasteiger partial charge >= 0.3 is 12.1 Å². The number of hydrogen-bond donors (Lipinski definition) is 3. The molecule has 1 atom stereocenters. The zero-order valence-electron chi connectivity index (χ0n) is 22.0. The number of carbonyl (C=O) groups is 3. The molecule has 1 aliphatic heterocycles. The number of nitrogens with one attached hydrogen (secondary N) is 1. The van der Waals surface area contributed by atoms with Crippen molar-refractivity contribution in [1.82, 2.24) is 5.32 Å². The van der Waals surface area contributed by atoms with Crippen molar-refractivity contribution in [1.29, 1.82) is 0 Å². The first-order valence-corrected chi connectivity index (χ1v) is 12.0. The van der Waals surface area contributed by atoms with Crippen LogP contribution in [0, 0.1) is 11.8 Å². The lowest BCUT2D eigenvalue weighted by molar-refractivity contribution is -0.192. The predicted molar refractivity (Wildman–Crippen MR) is 133 cm³/mol. The molecule has 1 aliphatic rings. The molecule has 1 aromatic rings. The number of halogens is 3. The van der Waals surface area contributed by atoms with Crippen LogP contribution in [0.5, 0.6) is 11.5 Å². The Hall–Kier alpha value is -3.35. The normalized spacial score (nSPS) is 15.2. The molecule has 2 rings (SSSR count). The smallest absolute Gasteiger partial charge is 0.490 e. The fourth-order valence-electron chi connectivity index (χ4n) is 3.64. The number of benzene rings is 1. The average Bonchev–Trinajstić information content (AvgIpc) is 2.83. The Bertz CT molecular complexity index is 962. The molecule has 1 heterocycles. The summed E-state index contributed by atoms with van der Waals surface area (Å²) in [5, 5.41) is 9.73. The summed E-state index contributed by atoms with van der Waals surface area (Å²) < 4.78 is 47.6. The highest BCUT2D eigenvalue weighted by atomic mass is 19.4. The zero-order chi connectivity index (χ0) is 28.9. The third-order valence-corrected chi connectivity index (χ3v) is 5.51. The van der Waals surface area contributed by atoms with Crippen molar-refractivity contribution in [3.63, 3.8) is 0 Å².